The first-order chi connectivity index (χ1) is 18.2. The van der Waals surface area contributed by atoms with Crippen LogP contribution < -0.4 is 15.0 Å². The number of aromatic nitrogens is 3. The minimum Gasteiger partial charge on any atom is -0.495 e. The van der Waals surface area contributed by atoms with Gasteiger partial charge in [-0.15, -0.1) is 5.10 Å². The Morgan fingerprint density at radius 2 is 1.71 bits per heavy atom. The van der Waals surface area contributed by atoms with Crippen LogP contribution in [0.1, 0.15) is 0 Å². The Balaban J connectivity index is 1.63. The summed E-state index contributed by atoms with van der Waals surface area (Å²) in [6.07, 6.45) is 1.40. The number of nitrogens with zero attached hydrogens (tertiary/aromatic N) is 3. The Morgan fingerprint density at radius 3 is 2.42 bits per heavy atom. The highest BCUT2D eigenvalue weighted by Crippen LogP contribution is 2.34. The van der Waals surface area contributed by atoms with Crippen LogP contribution in [0.4, 0.5) is 19.0 Å². The van der Waals surface area contributed by atoms with E-state index in [0.717, 1.165) is 18.2 Å². The van der Waals surface area contributed by atoms with Crippen molar-refractivity contribution < 1.29 is 26.3 Å². The van der Waals surface area contributed by atoms with E-state index in [1.807, 2.05) is 0 Å². The average molecular weight is 539 g/mol. The van der Waals surface area contributed by atoms with E-state index in [1.54, 1.807) is 0 Å². The molecule has 8 nitrogen and oxygen atoms in total. The number of pyridine rings is 1. The zero-order chi connectivity index (χ0) is 27.0. The molecule has 2 aromatic heterocycles. The van der Waals surface area contributed by atoms with Crippen LogP contribution in [0.5, 0.6) is 5.75 Å². The summed E-state index contributed by atoms with van der Waals surface area (Å²) in [7, 11) is -2.73. The maximum absolute atomic E-state index is 15.2. The molecule has 5 aromatic rings. The lowest BCUT2D eigenvalue weighted by Gasteiger charge is -2.16. The van der Waals surface area contributed by atoms with Gasteiger partial charge in [0.25, 0.3) is 15.6 Å². The van der Waals surface area contributed by atoms with E-state index < -0.39 is 33.0 Å². The number of rotatable bonds is 6. The number of benzene rings is 3. The molecule has 12 heteroatoms. The lowest BCUT2D eigenvalue weighted by molar-refractivity contribution is 0.412. The van der Waals surface area contributed by atoms with Gasteiger partial charge in [0.15, 0.2) is 17.5 Å². The summed E-state index contributed by atoms with van der Waals surface area (Å²) >= 11 is 0. The van der Waals surface area contributed by atoms with E-state index >= 15 is 4.39 Å². The molecule has 0 saturated heterocycles. The van der Waals surface area contributed by atoms with E-state index in [-0.39, 0.29) is 38.8 Å². The van der Waals surface area contributed by atoms with Gasteiger partial charge in [0, 0.05) is 29.3 Å². The Hall–Kier alpha value is -4.71. The second kappa shape index (κ2) is 9.63. The number of fused-ring (bicyclic) bond motifs is 1. The van der Waals surface area contributed by atoms with Crippen LogP contribution in [-0.4, -0.2) is 30.3 Å². The number of hydrogen-bond donors (Lipinski definition) is 1. The maximum Gasteiger partial charge on any atom is 0.263 e. The van der Waals surface area contributed by atoms with Gasteiger partial charge in [0.1, 0.15) is 11.6 Å². The molecule has 38 heavy (non-hydrogen) atoms. The zero-order valence-electron chi connectivity index (χ0n) is 19.5. The third-order valence-corrected chi connectivity index (χ3v) is 7.08. The lowest BCUT2D eigenvalue weighted by Crippen LogP contribution is -2.19. The van der Waals surface area contributed by atoms with E-state index in [2.05, 4.69) is 14.9 Å². The van der Waals surface area contributed by atoms with Gasteiger partial charge in [0.05, 0.1) is 23.2 Å². The van der Waals surface area contributed by atoms with E-state index in [1.165, 1.54) is 72.5 Å². The SMILES string of the molecule is COc1cc(-c2ccc(F)c(F)c2)c(F)cc1-n1c(=O)ccc2cc(S(=O)(=O)Nc3cccnn3)ccc21. The normalized spacial score (nSPS) is 11.5. The van der Waals surface area contributed by atoms with Crippen molar-refractivity contribution >= 4 is 26.7 Å². The molecule has 3 aromatic carbocycles. The van der Waals surface area contributed by atoms with Crippen LogP contribution in [0, 0.1) is 17.5 Å². The quantitative estimate of drug-likeness (QED) is 0.337. The number of anilines is 1. The van der Waals surface area contributed by atoms with Crippen molar-refractivity contribution in [3.05, 3.63) is 107 Å². The molecule has 1 N–H and O–H groups in total. The van der Waals surface area contributed by atoms with Crippen molar-refractivity contribution in [2.45, 2.75) is 4.90 Å². The van der Waals surface area contributed by atoms with Gasteiger partial charge < -0.3 is 4.74 Å². The fourth-order valence-electron chi connectivity index (χ4n) is 3.96. The van der Waals surface area contributed by atoms with Gasteiger partial charge in [-0.1, -0.05) is 6.07 Å². The Morgan fingerprint density at radius 1 is 0.895 bits per heavy atom. The van der Waals surface area contributed by atoms with Crippen molar-refractivity contribution in [1.82, 2.24) is 14.8 Å². The summed E-state index contributed by atoms with van der Waals surface area (Å²) in [5, 5.41) is 7.70. The van der Waals surface area contributed by atoms with Gasteiger partial charge in [-0.2, -0.15) is 5.10 Å². The van der Waals surface area contributed by atoms with Crippen molar-refractivity contribution in [2.24, 2.45) is 0 Å². The fraction of sp³-hybridized carbons (Fsp3) is 0.0385. The third-order valence-electron chi connectivity index (χ3n) is 5.73. The summed E-state index contributed by atoms with van der Waals surface area (Å²) in [6.45, 7) is 0. The smallest absolute Gasteiger partial charge is 0.263 e. The van der Waals surface area contributed by atoms with E-state index in [9.17, 15) is 22.0 Å². The monoisotopic (exact) mass is 538 g/mol. The molecule has 0 aliphatic carbocycles. The molecule has 0 atom stereocenters. The van der Waals surface area contributed by atoms with Crippen LogP contribution in [-0.2, 0) is 10.0 Å². The number of halogens is 3. The highest BCUT2D eigenvalue weighted by Gasteiger charge is 2.20. The number of nitrogens with one attached hydrogen (secondary N) is 1. The van der Waals surface area contributed by atoms with Crippen molar-refractivity contribution in [2.75, 3.05) is 11.8 Å². The molecule has 0 aliphatic rings. The van der Waals surface area contributed by atoms with Crippen molar-refractivity contribution in [3.8, 4) is 22.6 Å². The molecule has 0 radical (unpaired) electrons. The Kier molecular flexibility index (Phi) is 6.33. The van der Waals surface area contributed by atoms with Crippen molar-refractivity contribution in [3.63, 3.8) is 0 Å². The largest absolute Gasteiger partial charge is 0.495 e. The molecule has 5 rings (SSSR count). The third kappa shape index (κ3) is 4.57. The van der Waals surface area contributed by atoms with Crippen LogP contribution in [0.15, 0.2) is 88.7 Å². The van der Waals surface area contributed by atoms with Crippen LogP contribution in [0.3, 0.4) is 0 Å². The van der Waals surface area contributed by atoms with Crippen LogP contribution >= 0.6 is 0 Å². The van der Waals surface area contributed by atoms with Gasteiger partial charge in [-0.3, -0.25) is 14.1 Å². The predicted molar refractivity (Wildman–Crippen MR) is 134 cm³/mol. The minimum atomic E-state index is -4.04. The summed E-state index contributed by atoms with van der Waals surface area (Å²) in [4.78, 5) is 12.8. The van der Waals surface area contributed by atoms with Crippen molar-refractivity contribution in [1.29, 1.82) is 0 Å². The highest BCUT2D eigenvalue weighted by atomic mass is 32.2. The van der Waals surface area contributed by atoms with E-state index in [4.69, 9.17) is 4.74 Å². The van der Waals surface area contributed by atoms with Gasteiger partial charge in [-0.05, 0) is 60.2 Å². The molecule has 0 amide bonds. The summed E-state index contributed by atoms with van der Waals surface area (Å²) in [5.41, 5.74) is -0.234. The molecule has 192 valence electrons. The molecule has 2 heterocycles. The zero-order valence-corrected chi connectivity index (χ0v) is 20.3. The number of hydrogen-bond acceptors (Lipinski definition) is 6. The summed E-state index contributed by atoms with van der Waals surface area (Å²) < 4.78 is 77.0. The van der Waals surface area contributed by atoms with Gasteiger partial charge in [-0.25, -0.2) is 21.6 Å². The minimum absolute atomic E-state index is 0.0268. The van der Waals surface area contributed by atoms with Crippen LogP contribution in [0.25, 0.3) is 27.7 Å². The molecular weight excluding hydrogens is 521 g/mol. The first kappa shape index (κ1) is 25.0. The summed E-state index contributed by atoms with van der Waals surface area (Å²) in [5.74, 6) is -2.94. The molecular formula is C26H17F3N4O4S. The number of sulfonamides is 1. The van der Waals surface area contributed by atoms with Crippen LogP contribution in [0.2, 0.25) is 0 Å². The summed E-state index contributed by atoms with van der Waals surface area (Å²) in [6, 6.07) is 14.9. The fourth-order valence-corrected chi connectivity index (χ4v) is 4.99. The molecule has 0 spiro atoms. The molecule has 0 fully saturated rings. The second-order valence-electron chi connectivity index (χ2n) is 8.07. The van der Waals surface area contributed by atoms with Gasteiger partial charge in [0.2, 0.25) is 0 Å². The Labute approximate surface area is 214 Å². The molecule has 0 unspecified atom stereocenters. The van der Waals surface area contributed by atoms with Gasteiger partial charge >= 0.3 is 0 Å². The molecule has 0 bridgehead atoms. The Bertz CT molecular complexity index is 1860. The first-order valence-corrected chi connectivity index (χ1v) is 12.5. The number of ether oxygens (including phenoxy) is 1. The molecule has 0 saturated carbocycles. The first-order valence-electron chi connectivity index (χ1n) is 11.0. The second-order valence-corrected chi connectivity index (χ2v) is 9.76. The predicted octanol–water partition coefficient (Wildman–Crippen LogP) is 4.67. The topological polar surface area (TPSA) is 103 Å². The molecule has 0 aliphatic heterocycles. The standard InChI is InChI=1S/C26H17F3N4O4S/c1-37-24-13-18(15-4-7-19(27)21(29)12-15)20(28)14-23(24)33-22-8-6-17(11-16(22)5-9-26(33)34)38(35,36)32-25-3-2-10-30-31-25/h2-14H,1H3,(H,31,32). The highest BCUT2D eigenvalue weighted by molar-refractivity contribution is 7.92. The average Bonchev–Trinajstić information content (AvgIpc) is 2.90. The number of methoxy groups -OCH3 is 1. The lowest BCUT2D eigenvalue weighted by atomic mass is 10.0. The van der Waals surface area contributed by atoms with E-state index in [0.29, 0.717) is 5.39 Å². The maximum atomic E-state index is 15.2.